The Morgan fingerprint density at radius 3 is 2.25 bits per heavy atom. The Morgan fingerprint density at radius 1 is 1.20 bits per heavy atom. The van der Waals surface area contributed by atoms with Crippen molar-refractivity contribution in [2.75, 3.05) is 0 Å². The second-order valence-corrected chi connectivity index (χ2v) is 6.49. The van der Waals surface area contributed by atoms with Crippen molar-refractivity contribution in [2.24, 2.45) is 0 Å². The van der Waals surface area contributed by atoms with E-state index in [4.69, 9.17) is 9.31 Å². The van der Waals surface area contributed by atoms with Crippen LogP contribution in [0, 0.1) is 6.92 Å². The van der Waals surface area contributed by atoms with Gasteiger partial charge in [-0.25, -0.2) is 0 Å². The van der Waals surface area contributed by atoms with Crippen LogP contribution >= 0.6 is 0 Å². The van der Waals surface area contributed by atoms with E-state index in [0.29, 0.717) is 6.42 Å². The van der Waals surface area contributed by atoms with Gasteiger partial charge in [0, 0.05) is 24.3 Å². The number of carbonyl (C=O) groups is 1. The zero-order valence-corrected chi connectivity index (χ0v) is 13.1. The Morgan fingerprint density at radius 2 is 1.75 bits per heavy atom. The van der Waals surface area contributed by atoms with Crippen LogP contribution in [0.5, 0.6) is 0 Å². The SMILES string of the molecule is CC(=O)Cc1c(C)cncc1B1OC(C)(C)C(C)(C)O1. The molecular weight excluding hydrogens is 253 g/mol. The molecule has 0 amide bonds. The van der Waals surface area contributed by atoms with E-state index in [9.17, 15) is 4.79 Å². The fourth-order valence-corrected chi connectivity index (χ4v) is 2.28. The maximum Gasteiger partial charge on any atom is 0.496 e. The van der Waals surface area contributed by atoms with E-state index in [2.05, 4.69) is 4.98 Å². The van der Waals surface area contributed by atoms with Crippen LogP contribution in [-0.4, -0.2) is 29.1 Å². The third-order valence-electron chi connectivity index (χ3n) is 4.24. The molecule has 4 nitrogen and oxygen atoms in total. The Bertz CT molecular complexity index is 524. The molecule has 0 atom stereocenters. The molecule has 1 aromatic heterocycles. The molecule has 1 fully saturated rings. The van der Waals surface area contributed by atoms with Crippen molar-refractivity contribution < 1.29 is 14.1 Å². The lowest BCUT2D eigenvalue weighted by atomic mass is 9.75. The average Bonchev–Trinajstić information content (AvgIpc) is 2.50. The highest BCUT2D eigenvalue weighted by atomic mass is 16.7. The number of aryl methyl sites for hydroxylation is 1. The smallest absolute Gasteiger partial charge is 0.399 e. The van der Waals surface area contributed by atoms with Gasteiger partial charge in [0.1, 0.15) is 5.78 Å². The second-order valence-electron chi connectivity index (χ2n) is 6.49. The lowest BCUT2D eigenvalue weighted by Gasteiger charge is -2.32. The van der Waals surface area contributed by atoms with Gasteiger partial charge in [-0.3, -0.25) is 9.78 Å². The van der Waals surface area contributed by atoms with Crippen LogP contribution < -0.4 is 5.46 Å². The maximum atomic E-state index is 11.5. The van der Waals surface area contributed by atoms with Crippen LogP contribution in [0.15, 0.2) is 12.4 Å². The molecule has 0 radical (unpaired) electrons. The van der Waals surface area contributed by atoms with Crippen LogP contribution in [0.2, 0.25) is 0 Å². The Balaban J connectivity index is 2.40. The number of pyridine rings is 1. The van der Waals surface area contributed by atoms with Crippen LogP contribution in [-0.2, 0) is 20.5 Å². The highest BCUT2D eigenvalue weighted by Crippen LogP contribution is 2.36. The summed E-state index contributed by atoms with van der Waals surface area (Å²) in [6.45, 7) is 11.6. The van der Waals surface area contributed by atoms with E-state index in [-0.39, 0.29) is 5.78 Å². The molecule has 0 aliphatic carbocycles. The minimum atomic E-state index is -0.471. The monoisotopic (exact) mass is 275 g/mol. The summed E-state index contributed by atoms with van der Waals surface area (Å²) >= 11 is 0. The lowest BCUT2D eigenvalue weighted by molar-refractivity contribution is -0.116. The fourth-order valence-electron chi connectivity index (χ4n) is 2.28. The van der Waals surface area contributed by atoms with Crippen LogP contribution in [0.1, 0.15) is 45.7 Å². The van der Waals surface area contributed by atoms with E-state index in [0.717, 1.165) is 16.6 Å². The van der Waals surface area contributed by atoms with Gasteiger partial charge < -0.3 is 9.31 Å². The zero-order valence-electron chi connectivity index (χ0n) is 13.1. The minimum absolute atomic E-state index is 0.122. The van der Waals surface area contributed by atoms with E-state index in [1.807, 2.05) is 34.6 Å². The quantitative estimate of drug-likeness (QED) is 0.789. The summed E-state index contributed by atoms with van der Waals surface area (Å²) in [5.74, 6) is 0.122. The molecule has 0 aromatic carbocycles. The molecule has 0 bridgehead atoms. The van der Waals surface area contributed by atoms with Gasteiger partial charge in [0.2, 0.25) is 0 Å². The van der Waals surface area contributed by atoms with Gasteiger partial charge in [-0.2, -0.15) is 0 Å². The van der Waals surface area contributed by atoms with E-state index in [1.54, 1.807) is 19.3 Å². The molecule has 2 rings (SSSR count). The van der Waals surface area contributed by atoms with Crippen molar-refractivity contribution in [1.29, 1.82) is 0 Å². The number of hydrogen-bond acceptors (Lipinski definition) is 4. The van der Waals surface area contributed by atoms with E-state index < -0.39 is 18.3 Å². The average molecular weight is 275 g/mol. The third kappa shape index (κ3) is 2.65. The van der Waals surface area contributed by atoms with Crippen LogP contribution in [0.3, 0.4) is 0 Å². The van der Waals surface area contributed by atoms with Gasteiger partial charge in [-0.05, 0) is 52.7 Å². The first-order chi connectivity index (χ1) is 9.14. The van der Waals surface area contributed by atoms with Gasteiger partial charge in [-0.15, -0.1) is 0 Å². The van der Waals surface area contributed by atoms with Gasteiger partial charge in [-0.1, -0.05) is 0 Å². The second kappa shape index (κ2) is 4.97. The van der Waals surface area contributed by atoms with Gasteiger partial charge >= 0.3 is 7.12 Å². The Kier molecular flexibility index (Phi) is 3.78. The summed E-state index contributed by atoms with van der Waals surface area (Å²) in [5, 5.41) is 0. The summed E-state index contributed by atoms with van der Waals surface area (Å²) < 4.78 is 12.1. The highest BCUT2D eigenvalue weighted by molar-refractivity contribution is 6.62. The molecule has 0 spiro atoms. The van der Waals surface area contributed by atoms with Gasteiger partial charge in [0.15, 0.2) is 0 Å². The van der Waals surface area contributed by atoms with Crippen molar-refractivity contribution in [3.05, 3.63) is 23.5 Å². The Hall–Kier alpha value is -1.20. The van der Waals surface area contributed by atoms with Gasteiger partial charge in [0.25, 0.3) is 0 Å². The Labute approximate surface area is 121 Å². The molecule has 0 unspecified atom stereocenters. The summed E-state index contributed by atoms with van der Waals surface area (Å²) in [6, 6.07) is 0. The van der Waals surface area contributed by atoms with Crippen LogP contribution in [0.25, 0.3) is 0 Å². The maximum absolute atomic E-state index is 11.5. The molecule has 1 aliphatic rings. The fraction of sp³-hybridized carbons (Fsp3) is 0.600. The summed E-state index contributed by atoms with van der Waals surface area (Å²) in [6.07, 6.45) is 3.90. The molecule has 1 saturated heterocycles. The summed E-state index contributed by atoms with van der Waals surface area (Å²) in [4.78, 5) is 15.7. The molecule has 0 saturated carbocycles. The molecule has 2 heterocycles. The molecule has 0 N–H and O–H groups in total. The van der Waals surface area contributed by atoms with Gasteiger partial charge in [0.05, 0.1) is 11.2 Å². The predicted octanol–water partition coefficient (Wildman–Crippen LogP) is 1.82. The largest absolute Gasteiger partial charge is 0.496 e. The molecule has 20 heavy (non-hydrogen) atoms. The van der Waals surface area contributed by atoms with Crippen molar-refractivity contribution in [3.63, 3.8) is 0 Å². The number of Topliss-reactive ketones (excluding diaryl/α,β-unsaturated/α-hetero) is 1. The van der Waals surface area contributed by atoms with Crippen molar-refractivity contribution in [1.82, 2.24) is 4.98 Å². The lowest BCUT2D eigenvalue weighted by Crippen LogP contribution is -2.41. The molecule has 108 valence electrons. The van der Waals surface area contributed by atoms with Crippen LogP contribution in [0.4, 0.5) is 0 Å². The normalized spacial score (nSPS) is 20.2. The third-order valence-corrected chi connectivity index (χ3v) is 4.24. The topological polar surface area (TPSA) is 48.4 Å². The van der Waals surface area contributed by atoms with Crippen molar-refractivity contribution >= 4 is 18.4 Å². The number of ketones is 1. The number of aromatic nitrogens is 1. The first-order valence-corrected chi connectivity index (χ1v) is 6.92. The number of nitrogens with zero attached hydrogens (tertiary/aromatic N) is 1. The van der Waals surface area contributed by atoms with Crippen molar-refractivity contribution in [2.45, 2.75) is 59.2 Å². The van der Waals surface area contributed by atoms with E-state index in [1.165, 1.54) is 0 Å². The molecule has 1 aliphatic heterocycles. The first kappa shape index (κ1) is 15.2. The predicted molar refractivity (Wildman–Crippen MR) is 79.1 cm³/mol. The zero-order chi connectivity index (χ0) is 15.1. The van der Waals surface area contributed by atoms with E-state index >= 15 is 0 Å². The van der Waals surface area contributed by atoms with Crippen molar-refractivity contribution in [3.8, 4) is 0 Å². The molecule has 5 heteroatoms. The number of rotatable bonds is 3. The minimum Gasteiger partial charge on any atom is -0.399 e. The standard InChI is InChI=1S/C15H22BNO3/c1-10-8-17-9-13(12(10)7-11(2)18)16-19-14(3,4)15(5,6)20-16/h8-9H,7H2,1-6H3. The highest BCUT2D eigenvalue weighted by Gasteiger charge is 2.52. The number of carbonyl (C=O) groups excluding carboxylic acids is 1. The first-order valence-electron chi connectivity index (χ1n) is 6.92. The molecule has 1 aromatic rings. The summed E-state index contributed by atoms with van der Waals surface area (Å²) in [7, 11) is -0.471. The summed E-state index contributed by atoms with van der Waals surface area (Å²) in [5.41, 5.74) is 2.03. The number of hydrogen-bond donors (Lipinski definition) is 0. The molecular formula is C15H22BNO3.